The molecule has 1 unspecified atom stereocenters. The summed E-state index contributed by atoms with van der Waals surface area (Å²) in [4.78, 5) is 101. The van der Waals surface area contributed by atoms with Gasteiger partial charge in [-0.05, 0) is 88.1 Å². The van der Waals surface area contributed by atoms with Crippen LogP contribution in [0.1, 0.15) is 105 Å². The largest absolute Gasteiger partial charge is 0.481 e. The van der Waals surface area contributed by atoms with Crippen molar-refractivity contribution in [3.8, 4) is 5.75 Å². The van der Waals surface area contributed by atoms with E-state index in [2.05, 4.69) is 15.4 Å². The molecule has 4 rings (SSSR count). The third kappa shape index (κ3) is 15.6. The number of nitrogens with one attached hydrogen (secondary N) is 3. The lowest BCUT2D eigenvalue weighted by molar-refractivity contribution is -0.148. The minimum absolute atomic E-state index is 0.00404. The molecule has 20 nitrogen and oxygen atoms in total. The van der Waals surface area contributed by atoms with Gasteiger partial charge >= 0.3 is 12.1 Å². The number of nitrogens with zero attached hydrogens (tertiary/aromatic N) is 4. The molecule has 21 heteroatoms. The van der Waals surface area contributed by atoms with Gasteiger partial charge in [-0.2, -0.15) is 0 Å². The molecule has 9 atom stereocenters. The van der Waals surface area contributed by atoms with Gasteiger partial charge in [-0.15, -0.1) is 0 Å². The number of piperidine rings is 1. The number of rotatable bonds is 25. The molecule has 0 bridgehead atoms. The lowest BCUT2D eigenvalue weighted by Crippen LogP contribution is -2.59. The fraction of sp³-hybridized carbons (Fsp3) is 0.740. The van der Waals surface area contributed by atoms with Gasteiger partial charge in [-0.25, -0.2) is 13.2 Å². The molecule has 4 N–H and O–H groups in total. The average Bonchev–Trinajstić information content (AvgIpc) is 4.08. The van der Waals surface area contributed by atoms with Gasteiger partial charge in [0.1, 0.15) is 17.8 Å². The van der Waals surface area contributed by atoms with E-state index >= 15 is 0 Å². The quantitative estimate of drug-likeness (QED) is 0.110. The first kappa shape index (κ1) is 58.7. The van der Waals surface area contributed by atoms with E-state index in [1.807, 2.05) is 60.5 Å². The number of aliphatic carboxylic acids is 1. The van der Waals surface area contributed by atoms with E-state index in [1.165, 1.54) is 31.3 Å². The number of carboxylic acid groups (broad SMARTS) is 1. The van der Waals surface area contributed by atoms with E-state index in [-0.39, 0.29) is 67.2 Å². The Labute approximate surface area is 420 Å². The Morgan fingerprint density at radius 3 is 1.93 bits per heavy atom. The number of likely N-dealkylation sites (N-methyl/N-ethyl adjacent to an activating group) is 2. The number of methoxy groups -OCH3 is 2. The molecule has 0 aromatic heterocycles. The zero-order chi connectivity index (χ0) is 53.1. The molecule has 71 heavy (non-hydrogen) atoms. The van der Waals surface area contributed by atoms with Crippen LogP contribution in [-0.2, 0) is 54.7 Å². The summed E-state index contributed by atoms with van der Waals surface area (Å²) in [5.41, 5.74) is 0.518. The monoisotopic (exact) mass is 1020 g/mol. The summed E-state index contributed by atoms with van der Waals surface area (Å²) in [6.45, 7) is 14.1. The van der Waals surface area contributed by atoms with E-state index in [0.29, 0.717) is 57.1 Å². The number of likely N-dealkylation sites (tertiary alicyclic amines) is 2. The molecule has 1 aromatic carbocycles. The minimum Gasteiger partial charge on any atom is -0.481 e. The predicted octanol–water partition coefficient (Wildman–Crippen LogP) is 3.27. The van der Waals surface area contributed by atoms with Crippen molar-refractivity contribution < 1.29 is 61.3 Å². The van der Waals surface area contributed by atoms with Crippen molar-refractivity contribution in [2.45, 2.75) is 154 Å². The molecule has 3 aliphatic rings. The number of hydrogen-bond donors (Lipinski definition) is 4. The summed E-state index contributed by atoms with van der Waals surface area (Å²) in [6.07, 6.45) is 0.811. The number of ether oxygens (including phenoxy) is 3. The van der Waals surface area contributed by atoms with Crippen LogP contribution >= 0.6 is 0 Å². The summed E-state index contributed by atoms with van der Waals surface area (Å²) < 4.78 is 45.5. The van der Waals surface area contributed by atoms with Gasteiger partial charge in [-0.1, -0.05) is 67.0 Å². The molecule has 2 aliphatic heterocycles. The van der Waals surface area contributed by atoms with Crippen molar-refractivity contribution in [2.75, 3.05) is 55.0 Å². The Hall–Kier alpha value is -4.86. The molecule has 2 heterocycles. The number of benzene rings is 1. The van der Waals surface area contributed by atoms with Crippen molar-refractivity contribution in [2.24, 2.45) is 29.6 Å². The van der Waals surface area contributed by atoms with Gasteiger partial charge in [0.25, 0.3) is 5.91 Å². The molecule has 0 radical (unpaired) electrons. The van der Waals surface area contributed by atoms with E-state index in [4.69, 9.17) is 14.2 Å². The standard InChI is InChI=1S/C50H81N7O13S/c1-13-31(6)43(55(10)48(62)41(29(2)3)52-47(61)42(30(4)5)54(8)9)39(68-11)28-40(58)57-24-14-15-38(57)44(69-12)32(7)45(59)51-37(46(60)53-71(66,67)36-20-21-36)27-33-16-18-35(19-17-33)70-50(65)56-25-22-34(23-26-56)49(63)64/h16-19,29-32,34,36-39,41-44H,13-15,20-28H2,1-12H3,(H,51,59)(H,52,61)(H,53,60)(H,63,64)/t31-,32+,37-,38-,39+,41?,42-,43-,44+/m0/s1. The highest BCUT2D eigenvalue weighted by Gasteiger charge is 2.44. The van der Waals surface area contributed by atoms with Crippen molar-refractivity contribution in [3.05, 3.63) is 29.8 Å². The van der Waals surface area contributed by atoms with Crippen molar-refractivity contribution >= 4 is 51.6 Å². The van der Waals surface area contributed by atoms with Gasteiger partial charge in [0, 0.05) is 47.3 Å². The van der Waals surface area contributed by atoms with Crippen molar-refractivity contribution in [3.63, 3.8) is 0 Å². The normalized spacial score (nSPS) is 20.1. The summed E-state index contributed by atoms with van der Waals surface area (Å²) in [7, 11) is 4.29. The Bertz CT molecular complexity index is 2100. The van der Waals surface area contributed by atoms with Crippen molar-refractivity contribution in [1.82, 2.24) is 35.0 Å². The first-order chi connectivity index (χ1) is 33.4. The van der Waals surface area contributed by atoms with Gasteiger partial charge in [0.2, 0.25) is 33.7 Å². The highest BCUT2D eigenvalue weighted by atomic mass is 32.2. The summed E-state index contributed by atoms with van der Waals surface area (Å²) >= 11 is 0. The van der Waals surface area contributed by atoms with Gasteiger partial charge < -0.3 is 44.7 Å². The third-order valence-electron chi connectivity index (χ3n) is 14.5. The molecular formula is C50H81N7O13S. The van der Waals surface area contributed by atoms with Gasteiger partial charge in [0.05, 0.1) is 53.8 Å². The van der Waals surface area contributed by atoms with Crippen LogP contribution in [0, 0.1) is 29.6 Å². The molecule has 400 valence electrons. The second-order valence-electron chi connectivity index (χ2n) is 20.6. The topological polar surface area (TPSA) is 251 Å². The summed E-state index contributed by atoms with van der Waals surface area (Å²) in [5.74, 6) is -4.86. The Morgan fingerprint density at radius 1 is 0.803 bits per heavy atom. The number of hydrogen-bond acceptors (Lipinski definition) is 13. The maximum Gasteiger partial charge on any atom is 0.415 e. The number of sulfonamides is 1. The fourth-order valence-electron chi connectivity index (χ4n) is 10.0. The summed E-state index contributed by atoms with van der Waals surface area (Å²) in [6, 6.07) is 2.46. The zero-order valence-electron chi connectivity index (χ0n) is 43.8. The predicted molar refractivity (Wildman–Crippen MR) is 265 cm³/mol. The van der Waals surface area contributed by atoms with Crippen LogP contribution < -0.4 is 20.1 Å². The first-order valence-corrected chi connectivity index (χ1v) is 26.6. The van der Waals surface area contributed by atoms with Crippen LogP contribution in [0.3, 0.4) is 0 Å². The average molecular weight is 1020 g/mol. The maximum atomic E-state index is 14.5. The second-order valence-corrected chi connectivity index (χ2v) is 22.5. The van der Waals surface area contributed by atoms with E-state index < -0.39 is 93.4 Å². The highest BCUT2D eigenvalue weighted by Crippen LogP contribution is 2.31. The van der Waals surface area contributed by atoms with Crippen LogP contribution in [0.5, 0.6) is 5.75 Å². The Balaban J connectivity index is 1.49. The lowest BCUT2D eigenvalue weighted by Gasteiger charge is -2.41. The molecule has 1 saturated carbocycles. The number of carboxylic acids is 1. The SMILES string of the molecule is CC[C@H](C)[C@@H]([C@@H](CC(=O)N1CCC[C@H]1[C@H](OC)[C@@H](C)C(=O)N[C@@H](Cc1ccc(OC(=O)N2CCC(C(=O)O)CC2)cc1)C(=O)NS(=O)(=O)C1CC1)OC)N(C)C(=O)C(NC(=O)[C@H](C(C)C)N(C)C)C(C)C. The molecule has 0 spiro atoms. The van der Waals surface area contributed by atoms with E-state index in [0.717, 1.165) is 0 Å². The van der Waals surface area contributed by atoms with Crippen LogP contribution in [0.4, 0.5) is 4.79 Å². The van der Waals surface area contributed by atoms with E-state index in [1.54, 1.807) is 35.9 Å². The highest BCUT2D eigenvalue weighted by molar-refractivity contribution is 7.90. The number of carbonyl (C=O) groups is 7. The Morgan fingerprint density at radius 2 is 1.42 bits per heavy atom. The number of carbonyl (C=O) groups excluding carboxylic acids is 6. The van der Waals surface area contributed by atoms with Crippen LogP contribution in [0.15, 0.2) is 24.3 Å². The van der Waals surface area contributed by atoms with Crippen LogP contribution in [0.25, 0.3) is 0 Å². The minimum atomic E-state index is -3.99. The molecule has 3 fully saturated rings. The lowest BCUT2D eigenvalue weighted by atomic mass is 9.89. The Kier molecular flexibility index (Phi) is 21.7. The molecular weight excluding hydrogens is 939 g/mol. The molecule has 1 aliphatic carbocycles. The first-order valence-electron chi connectivity index (χ1n) is 25.1. The van der Waals surface area contributed by atoms with Gasteiger partial charge in [-0.3, -0.25) is 38.4 Å². The van der Waals surface area contributed by atoms with Gasteiger partial charge in [0.15, 0.2) is 0 Å². The smallest absolute Gasteiger partial charge is 0.415 e. The third-order valence-corrected chi connectivity index (χ3v) is 16.3. The molecule has 2 saturated heterocycles. The van der Waals surface area contributed by atoms with Crippen molar-refractivity contribution in [1.29, 1.82) is 0 Å². The molecule has 1 aromatic rings. The second kappa shape index (κ2) is 26.2. The molecule has 6 amide bonds. The number of amides is 6. The van der Waals surface area contributed by atoms with Crippen LogP contribution in [-0.4, -0.2) is 177 Å². The fourth-order valence-corrected chi connectivity index (χ4v) is 11.3. The van der Waals surface area contributed by atoms with Crippen LogP contribution in [0.2, 0.25) is 0 Å². The van der Waals surface area contributed by atoms with E-state index in [9.17, 15) is 47.1 Å². The maximum absolute atomic E-state index is 14.5. The summed E-state index contributed by atoms with van der Waals surface area (Å²) in [5, 5.41) is 14.4. The zero-order valence-corrected chi connectivity index (χ0v) is 44.7.